The normalized spacial score (nSPS) is 15.2. The van der Waals surface area contributed by atoms with Gasteiger partial charge >= 0.3 is 0 Å². The lowest BCUT2D eigenvalue weighted by Gasteiger charge is -2.26. The number of nitrogens with zero attached hydrogens (tertiary/aromatic N) is 1. The minimum absolute atomic E-state index is 0.0510. The van der Waals surface area contributed by atoms with Crippen molar-refractivity contribution < 1.29 is 17.9 Å². The van der Waals surface area contributed by atoms with Gasteiger partial charge in [0.05, 0.1) is 17.2 Å². The molecule has 0 bridgehead atoms. The van der Waals surface area contributed by atoms with Gasteiger partial charge in [0.1, 0.15) is 6.61 Å². The first-order valence-corrected chi connectivity index (χ1v) is 9.58. The maximum absolute atomic E-state index is 12.6. The average molecular weight is 360 g/mol. The predicted octanol–water partition coefficient (Wildman–Crippen LogP) is 2.41. The molecule has 6 nitrogen and oxygen atoms in total. The molecule has 1 N–H and O–H groups in total. The number of rotatable bonds is 5. The number of carbonyl (C=O) groups is 1. The Balaban J connectivity index is 1.82. The zero-order chi connectivity index (χ0) is 17.9. The number of ether oxygens (including phenoxy) is 1. The van der Waals surface area contributed by atoms with Crippen LogP contribution in [-0.2, 0) is 26.0 Å². The maximum atomic E-state index is 12.6. The fourth-order valence-electron chi connectivity index (χ4n) is 2.73. The Morgan fingerprint density at radius 2 is 1.84 bits per heavy atom. The van der Waals surface area contributed by atoms with Crippen molar-refractivity contribution in [2.75, 3.05) is 29.4 Å². The quantitative estimate of drug-likeness (QED) is 0.888. The molecule has 1 heterocycles. The Bertz CT molecular complexity index is 863. The van der Waals surface area contributed by atoms with Crippen molar-refractivity contribution in [2.45, 2.75) is 18.2 Å². The molecule has 0 unspecified atom stereocenters. The van der Waals surface area contributed by atoms with Gasteiger partial charge in [0, 0.05) is 12.2 Å². The number of carbonyl (C=O) groups excluding carboxylic acids is 1. The summed E-state index contributed by atoms with van der Waals surface area (Å²) in [5, 5.41) is 0. The number of amides is 1. The molecule has 0 spiro atoms. The Morgan fingerprint density at radius 3 is 2.52 bits per heavy atom. The smallest absolute Gasteiger partial charge is 0.261 e. The number of morpholine rings is 1. The molecule has 2 aromatic carbocycles. The van der Waals surface area contributed by atoms with E-state index in [1.54, 1.807) is 29.2 Å². The summed E-state index contributed by atoms with van der Waals surface area (Å²) in [7, 11) is -3.69. The van der Waals surface area contributed by atoms with E-state index in [1.807, 2.05) is 19.1 Å². The van der Waals surface area contributed by atoms with Crippen LogP contribution in [0.25, 0.3) is 0 Å². The molecule has 0 aliphatic carbocycles. The Labute approximate surface area is 147 Å². The van der Waals surface area contributed by atoms with Crippen LogP contribution in [0.15, 0.2) is 53.4 Å². The molecule has 132 valence electrons. The van der Waals surface area contributed by atoms with Crippen molar-refractivity contribution in [2.24, 2.45) is 0 Å². The van der Waals surface area contributed by atoms with Crippen LogP contribution in [0.5, 0.6) is 0 Å². The van der Waals surface area contributed by atoms with Crippen molar-refractivity contribution in [1.29, 1.82) is 0 Å². The SMILES string of the molecule is CCc1ccccc1NS(=O)(=O)c1ccc(N2CCOCC2=O)cc1. The maximum Gasteiger partial charge on any atom is 0.261 e. The molecule has 0 saturated carbocycles. The van der Waals surface area contributed by atoms with Gasteiger partial charge in [0.25, 0.3) is 15.9 Å². The number of aryl methyl sites for hydroxylation is 1. The number of sulfonamides is 1. The molecular formula is C18H20N2O4S. The first-order valence-electron chi connectivity index (χ1n) is 8.10. The fraction of sp³-hybridized carbons (Fsp3) is 0.278. The van der Waals surface area contributed by atoms with Crippen molar-refractivity contribution >= 4 is 27.3 Å². The molecule has 25 heavy (non-hydrogen) atoms. The molecule has 0 radical (unpaired) electrons. The Kier molecular flexibility index (Phi) is 5.06. The summed E-state index contributed by atoms with van der Waals surface area (Å²) in [5.41, 5.74) is 2.18. The Morgan fingerprint density at radius 1 is 1.12 bits per heavy atom. The lowest BCUT2D eigenvalue weighted by Crippen LogP contribution is -2.41. The van der Waals surface area contributed by atoms with Crippen LogP contribution in [0.4, 0.5) is 11.4 Å². The summed E-state index contributed by atoms with van der Waals surface area (Å²) in [6.45, 7) is 2.96. The van der Waals surface area contributed by atoms with E-state index in [1.165, 1.54) is 12.1 Å². The molecule has 2 aromatic rings. The summed E-state index contributed by atoms with van der Waals surface area (Å²) >= 11 is 0. The number of para-hydroxylation sites is 1. The average Bonchev–Trinajstić information content (AvgIpc) is 2.62. The van der Waals surface area contributed by atoms with E-state index in [0.29, 0.717) is 24.5 Å². The van der Waals surface area contributed by atoms with Crippen LogP contribution in [0.2, 0.25) is 0 Å². The van der Waals surface area contributed by atoms with E-state index < -0.39 is 10.0 Å². The van der Waals surface area contributed by atoms with Crippen LogP contribution >= 0.6 is 0 Å². The van der Waals surface area contributed by atoms with Gasteiger partial charge in [0.2, 0.25) is 0 Å². The highest BCUT2D eigenvalue weighted by molar-refractivity contribution is 7.92. The van der Waals surface area contributed by atoms with E-state index in [4.69, 9.17) is 4.74 Å². The Hall–Kier alpha value is -2.38. The highest BCUT2D eigenvalue weighted by Gasteiger charge is 2.21. The van der Waals surface area contributed by atoms with Gasteiger partial charge < -0.3 is 9.64 Å². The summed E-state index contributed by atoms with van der Waals surface area (Å²) < 4.78 is 33.0. The number of hydrogen-bond donors (Lipinski definition) is 1. The number of nitrogens with one attached hydrogen (secondary N) is 1. The second-order valence-electron chi connectivity index (χ2n) is 5.71. The van der Waals surface area contributed by atoms with Crippen LogP contribution in [0.3, 0.4) is 0 Å². The van der Waals surface area contributed by atoms with Crippen molar-refractivity contribution in [3.8, 4) is 0 Å². The van der Waals surface area contributed by atoms with Crippen LogP contribution < -0.4 is 9.62 Å². The fourth-order valence-corrected chi connectivity index (χ4v) is 3.83. The third kappa shape index (κ3) is 3.83. The second-order valence-corrected chi connectivity index (χ2v) is 7.39. The molecule has 3 rings (SSSR count). The highest BCUT2D eigenvalue weighted by atomic mass is 32.2. The first kappa shape index (κ1) is 17.4. The zero-order valence-corrected chi connectivity index (χ0v) is 14.8. The van der Waals surface area contributed by atoms with Gasteiger partial charge in [-0.2, -0.15) is 0 Å². The van der Waals surface area contributed by atoms with Gasteiger partial charge in [-0.05, 0) is 42.3 Å². The van der Waals surface area contributed by atoms with E-state index in [2.05, 4.69) is 4.72 Å². The highest BCUT2D eigenvalue weighted by Crippen LogP contribution is 2.23. The third-order valence-electron chi connectivity index (χ3n) is 4.09. The lowest BCUT2D eigenvalue weighted by molar-refractivity contribution is -0.125. The number of hydrogen-bond acceptors (Lipinski definition) is 4. The molecule has 1 aliphatic rings. The van der Waals surface area contributed by atoms with Gasteiger partial charge in [-0.15, -0.1) is 0 Å². The first-order chi connectivity index (χ1) is 12.0. The zero-order valence-electron chi connectivity index (χ0n) is 13.9. The molecular weight excluding hydrogens is 340 g/mol. The van der Waals surface area contributed by atoms with E-state index >= 15 is 0 Å². The molecule has 1 aliphatic heterocycles. The van der Waals surface area contributed by atoms with Gasteiger partial charge in [0.15, 0.2) is 0 Å². The molecule has 1 saturated heterocycles. The van der Waals surface area contributed by atoms with Crippen molar-refractivity contribution in [1.82, 2.24) is 0 Å². The largest absolute Gasteiger partial charge is 0.370 e. The van der Waals surface area contributed by atoms with E-state index in [9.17, 15) is 13.2 Å². The predicted molar refractivity (Wildman–Crippen MR) is 96.2 cm³/mol. The summed E-state index contributed by atoms with van der Waals surface area (Å²) in [5.74, 6) is -0.128. The summed E-state index contributed by atoms with van der Waals surface area (Å²) in [6, 6.07) is 13.6. The van der Waals surface area contributed by atoms with Gasteiger partial charge in [-0.3, -0.25) is 9.52 Å². The van der Waals surface area contributed by atoms with Crippen molar-refractivity contribution in [3.63, 3.8) is 0 Å². The molecule has 1 fully saturated rings. The van der Waals surface area contributed by atoms with E-state index in [0.717, 1.165) is 12.0 Å². The van der Waals surface area contributed by atoms with Gasteiger partial charge in [-0.25, -0.2) is 8.42 Å². The van der Waals surface area contributed by atoms with Crippen molar-refractivity contribution in [3.05, 3.63) is 54.1 Å². The monoisotopic (exact) mass is 360 g/mol. The molecule has 7 heteroatoms. The van der Waals surface area contributed by atoms with E-state index in [-0.39, 0.29) is 17.4 Å². The molecule has 0 atom stereocenters. The number of benzene rings is 2. The van der Waals surface area contributed by atoms with Crippen LogP contribution in [0.1, 0.15) is 12.5 Å². The number of anilines is 2. The topological polar surface area (TPSA) is 75.7 Å². The van der Waals surface area contributed by atoms with Gasteiger partial charge in [-0.1, -0.05) is 25.1 Å². The summed E-state index contributed by atoms with van der Waals surface area (Å²) in [4.78, 5) is 13.6. The second kappa shape index (κ2) is 7.25. The minimum Gasteiger partial charge on any atom is -0.370 e. The molecule has 0 aromatic heterocycles. The minimum atomic E-state index is -3.69. The lowest BCUT2D eigenvalue weighted by atomic mass is 10.1. The molecule has 1 amide bonds. The van der Waals surface area contributed by atoms with Crippen LogP contribution in [0, 0.1) is 0 Å². The standard InChI is InChI=1S/C18H20N2O4S/c1-2-14-5-3-4-6-17(14)19-25(22,23)16-9-7-15(8-10-16)20-11-12-24-13-18(20)21/h3-10,19H,2,11-13H2,1H3. The summed E-state index contributed by atoms with van der Waals surface area (Å²) in [6.07, 6.45) is 0.733. The van der Waals surface area contributed by atoms with Crippen LogP contribution in [-0.4, -0.2) is 34.1 Å². The third-order valence-corrected chi connectivity index (χ3v) is 5.47.